The third kappa shape index (κ3) is 4.54. The Balaban J connectivity index is 1.31. The number of aryl methyl sites for hydroxylation is 1. The topological polar surface area (TPSA) is 123 Å². The number of rotatable bonds is 6. The number of pyridine rings is 2. The molecule has 5 N–H and O–H groups in total. The first-order valence-corrected chi connectivity index (χ1v) is 12.0. The molecule has 5 rings (SSSR count). The van der Waals surface area contributed by atoms with Crippen LogP contribution in [0.3, 0.4) is 0 Å². The van der Waals surface area contributed by atoms with Crippen molar-refractivity contribution in [1.82, 2.24) is 9.97 Å². The molecule has 1 spiro atoms. The second kappa shape index (κ2) is 9.28. The van der Waals surface area contributed by atoms with Gasteiger partial charge in [0, 0.05) is 59.9 Å². The van der Waals surface area contributed by atoms with Crippen molar-refractivity contribution in [2.45, 2.75) is 19.6 Å². The van der Waals surface area contributed by atoms with E-state index >= 15 is 0 Å². The SMILES string of the molecule is Cc1ncc(Cl)c([C@@H](N)Oc2ccc(N)c(C(=N)c3ccc(N4CC5(CCOC5)C4)nc3)c2)c1Cl. The summed E-state index contributed by atoms with van der Waals surface area (Å²) in [5.74, 6) is 1.33. The summed E-state index contributed by atoms with van der Waals surface area (Å²) in [6.45, 7) is 5.34. The molecule has 2 aromatic heterocycles. The van der Waals surface area contributed by atoms with E-state index in [4.69, 9.17) is 49.6 Å². The van der Waals surface area contributed by atoms with Gasteiger partial charge in [0.25, 0.3) is 0 Å². The zero-order valence-electron chi connectivity index (χ0n) is 19.2. The fourth-order valence-electron chi connectivity index (χ4n) is 4.57. The van der Waals surface area contributed by atoms with Gasteiger partial charge in [-0.15, -0.1) is 0 Å². The number of halogens is 2. The van der Waals surface area contributed by atoms with E-state index in [-0.39, 0.29) is 11.1 Å². The lowest BCUT2D eigenvalue weighted by atomic mass is 9.79. The molecule has 0 radical (unpaired) electrons. The van der Waals surface area contributed by atoms with E-state index < -0.39 is 6.23 Å². The van der Waals surface area contributed by atoms with E-state index in [9.17, 15) is 0 Å². The highest BCUT2D eigenvalue weighted by Gasteiger charge is 2.46. The Morgan fingerprint density at radius 2 is 2.00 bits per heavy atom. The summed E-state index contributed by atoms with van der Waals surface area (Å²) in [7, 11) is 0. The van der Waals surface area contributed by atoms with Crippen molar-refractivity contribution in [2.75, 3.05) is 36.9 Å². The summed E-state index contributed by atoms with van der Waals surface area (Å²) in [6, 6.07) is 8.88. The van der Waals surface area contributed by atoms with Gasteiger partial charge in [-0.05, 0) is 43.7 Å². The number of hydrogen-bond acceptors (Lipinski definition) is 8. The van der Waals surface area contributed by atoms with Crippen LogP contribution in [0.1, 0.15) is 35.0 Å². The van der Waals surface area contributed by atoms with Gasteiger partial charge in [-0.25, -0.2) is 4.98 Å². The lowest BCUT2D eigenvalue weighted by Gasteiger charge is -2.47. The quantitative estimate of drug-likeness (QED) is 0.254. The molecule has 0 saturated carbocycles. The number of anilines is 2. The van der Waals surface area contributed by atoms with Crippen LogP contribution in [0.4, 0.5) is 11.5 Å². The van der Waals surface area contributed by atoms with Crippen LogP contribution in [0.15, 0.2) is 42.7 Å². The van der Waals surface area contributed by atoms with Crippen LogP contribution < -0.4 is 21.1 Å². The molecule has 35 heavy (non-hydrogen) atoms. The average Bonchev–Trinajstić information content (AvgIpc) is 3.32. The Labute approximate surface area is 213 Å². The standard InChI is InChI=1S/C25H26Cl2N6O2/c1-14-22(27)21(18(26)10-31-14)24(30)35-16-3-4-19(28)17(8-16)23(29)15-2-5-20(32-9-15)33-11-25(12-33)6-7-34-13-25/h2-5,8-10,24,29H,6-7,11-13,28,30H2,1H3/t24-/m0/s1. The minimum absolute atomic E-state index is 0.237. The second-order valence-electron chi connectivity index (χ2n) is 9.15. The van der Waals surface area contributed by atoms with Gasteiger partial charge in [0.1, 0.15) is 11.6 Å². The van der Waals surface area contributed by atoms with Crippen LogP contribution in [-0.4, -0.2) is 42.0 Å². The Kier molecular flexibility index (Phi) is 6.31. The highest BCUT2D eigenvalue weighted by Crippen LogP contribution is 2.40. The lowest BCUT2D eigenvalue weighted by Crippen LogP contribution is -2.57. The smallest absolute Gasteiger partial charge is 0.177 e. The molecular formula is C25H26Cl2N6O2. The van der Waals surface area contributed by atoms with Crippen molar-refractivity contribution >= 4 is 40.4 Å². The fraction of sp³-hybridized carbons (Fsp3) is 0.320. The Bertz CT molecular complexity index is 1270. The zero-order valence-corrected chi connectivity index (χ0v) is 20.7. The minimum atomic E-state index is -0.923. The van der Waals surface area contributed by atoms with Gasteiger partial charge in [0.15, 0.2) is 6.23 Å². The molecule has 0 bridgehead atoms. The Morgan fingerprint density at radius 1 is 1.20 bits per heavy atom. The molecule has 1 aromatic carbocycles. The van der Waals surface area contributed by atoms with E-state index in [0.717, 1.165) is 38.5 Å². The fourth-order valence-corrected chi connectivity index (χ4v) is 5.13. The molecule has 182 valence electrons. The first-order valence-electron chi connectivity index (χ1n) is 11.3. The average molecular weight is 513 g/mol. The summed E-state index contributed by atoms with van der Waals surface area (Å²) in [6.07, 6.45) is 3.37. The van der Waals surface area contributed by atoms with Crippen molar-refractivity contribution in [1.29, 1.82) is 5.41 Å². The third-order valence-electron chi connectivity index (χ3n) is 6.62. The summed E-state index contributed by atoms with van der Waals surface area (Å²) >= 11 is 12.6. The van der Waals surface area contributed by atoms with Crippen molar-refractivity contribution in [3.63, 3.8) is 0 Å². The van der Waals surface area contributed by atoms with Crippen LogP contribution in [0, 0.1) is 17.7 Å². The number of nitrogens with one attached hydrogen (secondary N) is 1. The molecule has 0 aliphatic carbocycles. The highest BCUT2D eigenvalue weighted by atomic mass is 35.5. The molecule has 2 aliphatic rings. The lowest BCUT2D eigenvalue weighted by molar-refractivity contribution is 0.131. The molecule has 2 fully saturated rings. The summed E-state index contributed by atoms with van der Waals surface area (Å²) in [5, 5.41) is 9.40. The molecular weight excluding hydrogens is 487 g/mol. The molecule has 2 saturated heterocycles. The number of aromatic nitrogens is 2. The summed E-state index contributed by atoms with van der Waals surface area (Å²) < 4.78 is 11.5. The van der Waals surface area contributed by atoms with Gasteiger partial charge in [-0.2, -0.15) is 0 Å². The predicted octanol–water partition coefficient (Wildman–Crippen LogP) is 4.35. The van der Waals surface area contributed by atoms with Crippen molar-refractivity contribution in [3.8, 4) is 5.75 Å². The van der Waals surface area contributed by atoms with Gasteiger partial charge in [0.05, 0.1) is 28.1 Å². The van der Waals surface area contributed by atoms with Crippen molar-refractivity contribution < 1.29 is 9.47 Å². The van der Waals surface area contributed by atoms with Crippen LogP contribution in [0.5, 0.6) is 5.75 Å². The Morgan fingerprint density at radius 3 is 2.69 bits per heavy atom. The van der Waals surface area contributed by atoms with Crippen LogP contribution >= 0.6 is 23.2 Å². The molecule has 3 aromatic rings. The maximum atomic E-state index is 8.73. The van der Waals surface area contributed by atoms with Crippen LogP contribution in [0.25, 0.3) is 0 Å². The Hall–Kier alpha value is -2.91. The molecule has 4 heterocycles. The number of nitrogens with zero attached hydrogens (tertiary/aromatic N) is 3. The first-order chi connectivity index (χ1) is 16.8. The number of nitrogen functional groups attached to an aromatic ring is 1. The first kappa shape index (κ1) is 23.8. The summed E-state index contributed by atoms with van der Waals surface area (Å²) in [4.78, 5) is 10.9. The monoisotopic (exact) mass is 512 g/mol. The van der Waals surface area contributed by atoms with Gasteiger partial charge >= 0.3 is 0 Å². The van der Waals surface area contributed by atoms with Crippen molar-refractivity contribution in [3.05, 3.63) is 75.2 Å². The number of hydrogen-bond donors (Lipinski definition) is 3. The van der Waals surface area contributed by atoms with E-state index in [1.807, 2.05) is 12.1 Å². The van der Waals surface area contributed by atoms with E-state index in [2.05, 4.69) is 14.9 Å². The minimum Gasteiger partial charge on any atom is -0.471 e. The van der Waals surface area contributed by atoms with Gasteiger partial charge in [-0.1, -0.05) is 23.2 Å². The molecule has 2 aliphatic heterocycles. The van der Waals surface area contributed by atoms with Gasteiger partial charge in [-0.3, -0.25) is 16.1 Å². The molecule has 0 amide bonds. The second-order valence-corrected chi connectivity index (χ2v) is 9.93. The predicted molar refractivity (Wildman–Crippen MR) is 138 cm³/mol. The third-order valence-corrected chi connectivity index (χ3v) is 7.40. The molecule has 10 heteroatoms. The van der Waals surface area contributed by atoms with Gasteiger partial charge in [0.2, 0.25) is 0 Å². The zero-order chi connectivity index (χ0) is 24.7. The number of nitrogens with two attached hydrogens (primary N) is 2. The maximum absolute atomic E-state index is 8.73. The van der Waals surface area contributed by atoms with Crippen molar-refractivity contribution in [2.24, 2.45) is 11.1 Å². The van der Waals surface area contributed by atoms with Gasteiger partial charge < -0.3 is 20.1 Å². The molecule has 8 nitrogen and oxygen atoms in total. The maximum Gasteiger partial charge on any atom is 0.177 e. The molecule has 1 atom stereocenters. The van der Waals surface area contributed by atoms with E-state index in [1.165, 1.54) is 6.20 Å². The largest absolute Gasteiger partial charge is 0.471 e. The van der Waals surface area contributed by atoms with Crippen LogP contribution in [-0.2, 0) is 4.74 Å². The number of benzene rings is 1. The molecule has 0 unspecified atom stereocenters. The van der Waals surface area contributed by atoms with E-state index in [0.29, 0.717) is 43.9 Å². The highest BCUT2D eigenvalue weighted by molar-refractivity contribution is 6.36. The number of ether oxygens (including phenoxy) is 2. The normalized spacial score (nSPS) is 17.3. The summed E-state index contributed by atoms with van der Waals surface area (Å²) in [5.41, 5.74) is 15.6. The van der Waals surface area contributed by atoms with Crippen LogP contribution in [0.2, 0.25) is 10.0 Å². The van der Waals surface area contributed by atoms with E-state index in [1.54, 1.807) is 31.3 Å².